The predicted molar refractivity (Wildman–Crippen MR) is 139 cm³/mol. The van der Waals surface area contributed by atoms with E-state index in [9.17, 15) is 31.1 Å². The number of ether oxygens (including phenoxy) is 4. The molecule has 0 aliphatic heterocycles. The molecule has 0 spiro atoms. The number of esters is 1. The number of hydrogen-bond acceptors (Lipinski definition) is 7. The Balaban J connectivity index is 1.47. The third-order valence-electron chi connectivity index (χ3n) is 5.28. The van der Waals surface area contributed by atoms with Gasteiger partial charge in [-0.2, -0.15) is 22.0 Å². The van der Waals surface area contributed by atoms with Crippen LogP contribution in [0.4, 0.5) is 37.7 Å². The maximum Gasteiger partial charge on any atom is 0.429 e. The van der Waals surface area contributed by atoms with E-state index in [0.717, 1.165) is 18.2 Å². The lowest BCUT2D eigenvalue weighted by molar-refractivity contribution is -0.187. The molecule has 0 aromatic heterocycles. The minimum absolute atomic E-state index is 0.0479. The monoisotopic (exact) mass is 584 g/mol. The van der Waals surface area contributed by atoms with Crippen molar-refractivity contribution in [3.05, 3.63) is 83.7 Å². The van der Waals surface area contributed by atoms with Gasteiger partial charge < -0.3 is 30.4 Å². The molecule has 3 aromatic carbocycles. The van der Waals surface area contributed by atoms with Crippen molar-refractivity contribution in [3.8, 4) is 17.2 Å². The van der Waals surface area contributed by atoms with Gasteiger partial charge in [-0.15, -0.1) is 0 Å². The Kier molecular flexibility index (Phi) is 10.3. The lowest BCUT2D eigenvalue weighted by atomic mass is 10.1. The summed E-state index contributed by atoms with van der Waals surface area (Å²) in [5, 5.41) is 0. The van der Waals surface area contributed by atoms with Crippen LogP contribution in [0.1, 0.15) is 24.0 Å². The molecule has 0 radical (unpaired) electrons. The van der Waals surface area contributed by atoms with Crippen LogP contribution < -0.4 is 25.7 Å². The van der Waals surface area contributed by atoms with E-state index in [-0.39, 0.29) is 37.7 Å². The molecule has 3 rings (SSSR count). The predicted octanol–water partition coefficient (Wildman–Crippen LogP) is 6.48. The van der Waals surface area contributed by atoms with Gasteiger partial charge in [0.2, 0.25) is 0 Å². The van der Waals surface area contributed by atoms with Crippen LogP contribution >= 0.6 is 0 Å². The van der Waals surface area contributed by atoms with Crippen LogP contribution in [0.15, 0.2) is 66.7 Å². The van der Waals surface area contributed by atoms with E-state index in [2.05, 4.69) is 4.74 Å². The minimum Gasteiger partial charge on any atom is -0.493 e. The summed E-state index contributed by atoms with van der Waals surface area (Å²) in [7, 11) is 0. The fourth-order valence-electron chi connectivity index (χ4n) is 3.34. The topological polar surface area (TPSA) is 106 Å². The smallest absolute Gasteiger partial charge is 0.429 e. The van der Waals surface area contributed by atoms with Crippen LogP contribution in [0, 0.1) is 5.82 Å². The van der Waals surface area contributed by atoms with Gasteiger partial charge in [0.05, 0.1) is 12.3 Å². The van der Waals surface area contributed by atoms with Gasteiger partial charge in [0.1, 0.15) is 41.8 Å². The zero-order chi connectivity index (χ0) is 30.0. The summed E-state index contributed by atoms with van der Waals surface area (Å²) in [6, 6.07) is 12.3. The molecule has 0 unspecified atom stereocenters. The third kappa shape index (κ3) is 10.2. The lowest BCUT2D eigenvalue weighted by Gasteiger charge is -2.19. The second-order valence-electron chi connectivity index (χ2n) is 8.54. The summed E-state index contributed by atoms with van der Waals surface area (Å²) in [6.45, 7) is -0.374. The molecule has 3 aromatic rings. The maximum absolute atomic E-state index is 14.6. The third-order valence-corrected chi connectivity index (χ3v) is 5.28. The molecule has 0 aliphatic carbocycles. The molecule has 0 fully saturated rings. The Morgan fingerprint density at radius 3 is 2.20 bits per heavy atom. The van der Waals surface area contributed by atoms with Crippen molar-refractivity contribution in [2.45, 2.75) is 25.1 Å². The average Bonchev–Trinajstić information content (AvgIpc) is 2.89. The van der Waals surface area contributed by atoms with E-state index in [0.29, 0.717) is 28.8 Å². The second-order valence-corrected chi connectivity index (χ2v) is 8.54. The largest absolute Gasteiger partial charge is 0.493 e. The van der Waals surface area contributed by atoms with Crippen molar-refractivity contribution in [1.82, 2.24) is 0 Å². The van der Waals surface area contributed by atoms with E-state index in [1.54, 1.807) is 12.1 Å². The fourth-order valence-corrected chi connectivity index (χ4v) is 3.34. The molecule has 4 N–H and O–H groups in total. The van der Waals surface area contributed by atoms with Crippen molar-refractivity contribution < 1.29 is 50.1 Å². The number of benzene rings is 3. The average molecular weight is 585 g/mol. The summed E-state index contributed by atoms with van der Waals surface area (Å²) in [5.41, 5.74) is 11.6. The summed E-state index contributed by atoms with van der Waals surface area (Å²) < 4.78 is 100. The van der Waals surface area contributed by atoms with Gasteiger partial charge in [-0.1, -0.05) is 12.1 Å². The van der Waals surface area contributed by atoms with Crippen LogP contribution in [0.3, 0.4) is 0 Å². The number of rotatable bonds is 13. The van der Waals surface area contributed by atoms with E-state index >= 15 is 0 Å². The Morgan fingerprint density at radius 1 is 0.829 bits per heavy atom. The number of carbonyl (C=O) groups excluding carboxylic acids is 1. The first-order valence-corrected chi connectivity index (χ1v) is 12.1. The fraction of sp³-hybridized carbons (Fsp3) is 0.250. The summed E-state index contributed by atoms with van der Waals surface area (Å²) >= 11 is 0. The first kappa shape index (κ1) is 31.0. The first-order chi connectivity index (χ1) is 19.3. The number of nitrogens with two attached hydrogens (primary N) is 2. The van der Waals surface area contributed by atoms with Gasteiger partial charge in [0.25, 0.3) is 0 Å². The van der Waals surface area contributed by atoms with Crippen LogP contribution in [0.2, 0.25) is 0 Å². The molecule has 220 valence electrons. The van der Waals surface area contributed by atoms with E-state index in [1.807, 2.05) is 0 Å². The summed E-state index contributed by atoms with van der Waals surface area (Å²) in [5.74, 6) is -2.12. The van der Waals surface area contributed by atoms with E-state index in [1.165, 1.54) is 36.4 Å². The highest BCUT2D eigenvalue weighted by molar-refractivity contribution is 5.87. The molecule has 0 saturated heterocycles. The highest BCUT2D eigenvalue weighted by Gasteiger charge is 2.38. The van der Waals surface area contributed by atoms with Gasteiger partial charge in [-0.3, -0.25) is 0 Å². The summed E-state index contributed by atoms with van der Waals surface area (Å²) in [4.78, 5) is 11.9. The maximum atomic E-state index is 14.6. The van der Waals surface area contributed by atoms with Gasteiger partial charge >= 0.3 is 18.3 Å². The highest BCUT2D eigenvalue weighted by atomic mass is 19.4. The van der Waals surface area contributed by atoms with Crippen LogP contribution in [0.25, 0.3) is 6.08 Å². The van der Waals surface area contributed by atoms with E-state index in [4.69, 9.17) is 25.7 Å². The Bertz CT molecular complexity index is 1350. The van der Waals surface area contributed by atoms with Gasteiger partial charge in [0.15, 0.2) is 0 Å². The molecule has 0 atom stereocenters. The van der Waals surface area contributed by atoms with Gasteiger partial charge in [0, 0.05) is 24.3 Å². The minimum atomic E-state index is -4.36. The molecule has 13 heteroatoms. The first-order valence-electron chi connectivity index (χ1n) is 12.1. The number of halogens is 6. The Hall–Kier alpha value is -4.55. The molecule has 41 heavy (non-hydrogen) atoms. The number of anilines is 2. The number of hydrogen-bond donors (Lipinski definition) is 2. The molecule has 0 bridgehead atoms. The number of nitrogen functional groups attached to an aromatic ring is 2. The Morgan fingerprint density at radius 2 is 1.54 bits per heavy atom. The van der Waals surface area contributed by atoms with Crippen molar-refractivity contribution in [3.63, 3.8) is 0 Å². The zero-order valence-corrected chi connectivity index (χ0v) is 21.4. The standard InChI is InChI=1S/C28H26F6N2O5/c29-23-17-21(38-13-1-12-27(30,31)32)8-9-22(23)28(33,34)41-20-6-2-18(3-7-20)4-11-26(37)40-15-14-39-25-10-5-19(35)16-24(25)36/h2-11,16-17H,1,12-15,35-36H2/b11-4+. The molecule has 7 nitrogen and oxygen atoms in total. The SMILES string of the molecule is Nc1ccc(OCCOC(=O)/C=C/c2ccc(OC(F)(F)c3ccc(OCCCC(F)(F)F)cc3F)cc2)c(N)c1. The van der Waals surface area contributed by atoms with Crippen molar-refractivity contribution in [1.29, 1.82) is 0 Å². The van der Waals surface area contributed by atoms with Crippen LogP contribution in [-0.2, 0) is 15.6 Å². The second kappa shape index (κ2) is 13.7. The molecule has 0 saturated carbocycles. The van der Waals surface area contributed by atoms with Gasteiger partial charge in [-0.25, -0.2) is 9.18 Å². The van der Waals surface area contributed by atoms with Crippen LogP contribution in [0.5, 0.6) is 17.2 Å². The van der Waals surface area contributed by atoms with Crippen LogP contribution in [-0.4, -0.2) is 32.0 Å². The Labute approximate surface area is 231 Å². The van der Waals surface area contributed by atoms with Crippen molar-refractivity contribution in [2.24, 2.45) is 0 Å². The highest BCUT2D eigenvalue weighted by Crippen LogP contribution is 2.35. The quantitative estimate of drug-likeness (QED) is 0.0780. The van der Waals surface area contributed by atoms with Crippen molar-refractivity contribution >= 4 is 23.4 Å². The molecule has 0 amide bonds. The summed E-state index contributed by atoms with van der Waals surface area (Å²) in [6.07, 6.45) is -7.37. The number of carbonyl (C=O) groups is 1. The molecule has 0 heterocycles. The normalized spacial score (nSPS) is 11.9. The zero-order valence-electron chi connectivity index (χ0n) is 21.4. The molecule has 0 aliphatic rings. The van der Waals surface area contributed by atoms with Crippen molar-refractivity contribution in [2.75, 3.05) is 31.3 Å². The van der Waals surface area contributed by atoms with Gasteiger partial charge in [-0.05, 0) is 60.5 Å². The number of alkyl halides is 5. The van der Waals surface area contributed by atoms with E-state index < -0.39 is 36.1 Å². The molecular weight excluding hydrogens is 558 g/mol. The molecular formula is C28H26F6N2O5. The lowest BCUT2D eigenvalue weighted by Crippen LogP contribution is -2.23.